The predicted molar refractivity (Wildman–Crippen MR) is 124 cm³/mol. The number of nitrogens with one attached hydrogen (secondary N) is 1. The first-order valence-electron chi connectivity index (χ1n) is 11.8. The number of hydrogen-bond donors (Lipinski definition) is 1. The molecule has 2 aromatic rings. The number of ketones is 1. The molecule has 4 rings (SSSR count). The van der Waals surface area contributed by atoms with Crippen LogP contribution in [0.1, 0.15) is 61.9 Å². The van der Waals surface area contributed by atoms with Gasteiger partial charge in [-0.25, -0.2) is 4.98 Å². The summed E-state index contributed by atoms with van der Waals surface area (Å²) in [5.74, 6) is 1.31. The van der Waals surface area contributed by atoms with Crippen molar-refractivity contribution in [2.45, 2.75) is 64.0 Å². The van der Waals surface area contributed by atoms with E-state index in [-0.39, 0.29) is 11.8 Å². The van der Waals surface area contributed by atoms with Crippen molar-refractivity contribution in [3.63, 3.8) is 0 Å². The van der Waals surface area contributed by atoms with E-state index in [1.165, 1.54) is 17.7 Å². The van der Waals surface area contributed by atoms with Crippen LogP contribution in [0.5, 0.6) is 0 Å². The van der Waals surface area contributed by atoms with Gasteiger partial charge in [0, 0.05) is 31.9 Å². The van der Waals surface area contributed by atoms with Crippen molar-refractivity contribution in [2.75, 3.05) is 31.6 Å². The minimum atomic E-state index is -0.124. The Hall–Kier alpha value is -2.24. The molecule has 0 amide bonds. The second-order valence-corrected chi connectivity index (χ2v) is 8.83. The van der Waals surface area contributed by atoms with E-state index < -0.39 is 0 Å². The van der Waals surface area contributed by atoms with Crippen molar-refractivity contribution in [1.29, 1.82) is 0 Å². The summed E-state index contributed by atoms with van der Waals surface area (Å²) in [7, 11) is 0. The quantitative estimate of drug-likeness (QED) is 0.601. The number of hydrogen-bond acceptors (Lipinski definition) is 5. The highest BCUT2D eigenvalue weighted by Crippen LogP contribution is 2.26. The van der Waals surface area contributed by atoms with E-state index >= 15 is 0 Å². The molecular weight excluding hydrogens is 386 g/mol. The highest BCUT2D eigenvalue weighted by atomic mass is 16.5. The first-order chi connectivity index (χ1) is 15.2. The Labute approximate surface area is 186 Å². The summed E-state index contributed by atoms with van der Waals surface area (Å²) in [4.78, 5) is 19.4. The number of rotatable bonds is 9. The number of anilines is 1. The zero-order chi connectivity index (χ0) is 21.5. The molecule has 5 heteroatoms. The number of Topliss-reactive ketones (excluding diaryl/α,β-unsaturated/α-hetero) is 1. The number of benzene rings is 1. The highest BCUT2D eigenvalue weighted by Gasteiger charge is 2.29. The lowest BCUT2D eigenvalue weighted by Gasteiger charge is -2.36. The van der Waals surface area contributed by atoms with Crippen LogP contribution in [0.25, 0.3) is 0 Å². The van der Waals surface area contributed by atoms with Gasteiger partial charge in [0.05, 0.1) is 12.1 Å². The van der Waals surface area contributed by atoms with E-state index in [4.69, 9.17) is 9.72 Å². The lowest BCUT2D eigenvalue weighted by Crippen LogP contribution is -2.41. The van der Waals surface area contributed by atoms with E-state index in [9.17, 15) is 4.79 Å². The standard InChI is InChI=1S/C26H35N3O2/c1-20(30)25(21-8-3-2-4-9-21)29-17-14-24(15-18-29)31-19-6-5-11-23-13-12-22-10-7-16-27-26(22)28-23/h2-4,8-9,12-13,24-25H,5-7,10-11,14-19H2,1H3,(H,27,28). The normalized spacial score (nSPS) is 18.2. The monoisotopic (exact) mass is 421 g/mol. The summed E-state index contributed by atoms with van der Waals surface area (Å²) in [6.45, 7) is 5.37. The summed E-state index contributed by atoms with van der Waals surface area (Å²) in [5, 5.41) is 3.42. The maximum Gasteiger partial charge on any atom is 0.151 e. The van der Waals surface area contributed by atoms with Crippen LogP contribution in [-0.4, -0.2) is 48.0 Å². The molecule has 1 aromatic carbocycles. The molecule has 1 fully saturated rings. The van der Waals surface area contributed by atoms with Gasteiger partial charge < -0.3 is 10.1 Å². The number of carbonyl (C=O) groups is 1. The molecule has 1 saturated heterocycles. The van der Waals surface area contributed by atoms with E-state index in [0.29, 0.717) is 6.10 Å². The fourth-order valence-electron chi connectivity index (χ4n) is 4.80. The number of unbranched alkanes of at least 4 members (excludes halogenated alkanes) is 1. The molecule has 1 aromatic heterocycles. The molecule has 2 aliphatic heterocycles. The lowest BCUT2D eigenvalue weighted by molar-refractivity contribution is -0.123. The Morgan fingerprint density at radius 3 is 2.74 bits per heavy atom. The van der Waals surface area contributed by atoms with Gasteiger partial charge in [0.15, 0.2) is 5.78 Å². The molecule has 0 aliphatic carbocycles. The zero-order valence-corrected chi connectivity index (χ0v) is 18.7. The van der Waals surface area contributed by atoms with Crippen LogP contribution in [0.15, 0.2) is 42.5 Å². The van der Waals surface area contributed by atoms with Gasteiger partial charge in [0.2, 0.25) is 0 Å². The third kappa shape index (κ3) is 5.92. The molecule has 31 heavy (non-hydrogen) atoms. The van der Waals surface area contributed by atoms with Crippen molar-refractivity contribution in [3.05, 3.63) is 59.3 Å². The molecule has 166 valence electrons. The molecule has 2 aliphatic rings. The largest absolute Gasteiger partial charge is 0.378 e. The Balaban J connectivity index is 1.16. The summed E-state index contributed by atoms with van der Waals surface area (Å²) >= 11 is 0. The summed E-state index contributed by atoms with van der Waals surface area (Å²) in [6, 6.07) is 14.4. The van der Waals surface area contributed by atoms with Gasteiger partial charge in [-0.05, 0) is 69.1 Å². The Morgan fingerprint density at radius 2 is 1.97 bits per heavy atom. The summed E-state index contributed by atoms with van der Waals surface area (Å²) in [6.07, 6.45) is 7.81. The fraction of sp³-hybridized carbons (Fsp3) is 0.538. The van der Waals surface area contributed by atoms with Crippen molar-refractivity contribution in [1.82, 2.24) is 9.88 Å². The summed E-state index contributed by atoms with van der Waals surface area (Å²) in [5.41, 5.74) is 3.63. The number of carbonyl (C=O) groups excluding carboxylic acids is 1. The third-order valence-corrected chi connectivity index (χ3v) is 6.47. The smallest absolute Gasteiger partial charge is 0.151 e. The molecule has 0 saturated carbocycles. The van der Waals surface area contributed by atoms with Gasteiger partial charge in [0.25, 0.3) is 0 Å². The molecule has 1 atom stereocenters. The van der Waals surface area contributed by atoms with Crippen LogP contribution < -0.4 is 5.32 Å². The van der Waals surface area contributed by atoms with Crippen LogP contribution in [0.4, 0.5) is 5.82 Å². The van der Waals surface area contributed by atoms with E-state index in [1.807, 2.05) is 18.2 Å². The Morgan fingerprint density at radius 1 is 1.16 bits per heavy atom. The minimum absolute atomic E-state index is 0.124. The van der Waals surface area contributed by atoms with E-state index in [0.717, 1.165) is 76.1 Å². The Bertz CT molecular complexity index is 847. The topological polar surface area (TPSA) is 54.5 Å². The number of ether oxygens (including phenoxy) is 1. The van der Waals surface area contributed by atoms with Crippen molar-refractivity contribution in [3.8, 4) is 0 Å². The van der Waals surface area contributed by atoms with Crippen LogP contribution in [0.3, 0.4) is 0 Å². The number of piperidine rings is 1. The summed E-state index contributed by atoms with van der Waals surface area (Å²) < 4.78 is 6.16. The number of aryl methyl sites for hydroxylation is 2. The highest BCUT2D eigenvalue weighted by molar-refractivity contribution is 5.82. The van der Waals surface area contributed by atoms with Crippen molar-refractivity contribution >= 4 is 11.6 Å². The van der Waals surface area contributed by atoms with Crippen LogP contribution >= 0.6 is 0 Å². The van der Waals surface area contributed by atoms with Gasteiger partial charge in [0.1, 0.15) is 5.82 Å². The van der Waals surface area contributed by atoms with Gasteiger partial charge in [-0.1, -0.05) is 36.4 Å². The molecule has 1 unspecified atom stereocenters. The number of nitrogens with zero attached hydrogens (tertiary/aromatic N) is 2. The first-order valence-corrected chi connectivity index (χ1v) is 11.8. The van der Waals surface area contributed by atoms with Crippen molar-refractivity contribution < 1.29 is 9.53 Å². The number of fused-ring (bicyclic) bond motifs is 1. The lowest BCUT2D eigenvalue weighted by atomic mass is 9.98. The van der Waals surface area contributed by atoms with Gasteiger partial charge >= 0.3 is 0 Å². The molecule has 0 radical (unpaired) electrons. The second kappa shape index (κ2) is 10.9. The van der Waals surface area contributed by atoms with E-state index in [1.54, 1.807) is 6.92 Å². The zero-order valence-electron chi connectivity index (χ0n) is 18.7. The number of pyridine rings is 1. The maximum absolute atomic E-state index is 12.3. The molecule has 0 bridgehead atoms. The van der Waals surface area contributed by atoms with Crippen molar-refractivity contribution in [2.24, 2.45) is 0 Å². The van der Waals surface area contributed by atoms with Crippen LogP contribution in [-0.2, 0) is 22.4 Å². The second-order valence-electron chi connectivity index (χ2n) is 8.83. The molecule has 5 nitrogen and oxygen atoms in total. The van der Waals surface area contributed by atoms with E-state index in [2.05, 4.69) is 34.5 Å². The predicted octanol–water partition coefficient (Wildman–Crippen LogP) is 4.57. The first kappa shape index (κ1) is 22.0. The van der Waals surface area contributed by atoms with Crippen LogP contribution in [0, 0.1) is 0 Å². The Kier molecular flexibility index (Phi) is 7.71. The number of likely N-dealkylation sites (tertiary alicyclic amines) is 1. The van der Waals surface area contributed by atoms with Gasteiger partial charge in [-0.3, -0.25) is 9.69 Å². The van der Waals surface area contributed by atoms with Gasteiger partial charge in [-0.2, -0.15) is 0 Å². The third-order valence-electron chi connectivity index (χ3n) is 6.47. The average Bonchev–Trinajstić information content (AvgIpc) is 2.80. The molecule has 1 N–H and O–H groups in total. The minimum Gasteiger partial charge on any atom is -0.378 e. The maximum atomic E-state index is 12.3. The molecule has 3 heterocycles. The molecule has 0 spiro atoms. The van der Waals surface area contributed by atoms with Gasteiger partial charge in [-0.15, -0.1) is 0 Å². The molecular formula is C26H35N3O2. The average molecular weight is 422 g/mol. The number of aromatic nitrogens is 1. The SMILES string of the molecule is CC(=O)C(c1ccccc1)N1CCC(OCCCCc2ccc3c(n2)NCCC3)CC1. The van der Waals surface area contributed by atoms with Crippen LogP contribution in [0.2, 0.25) is 0 Å². The fourth-order valence-corrected chi connectivity index (χ4v) is 4.80.